The molecule has 2 nitrogen and oxygen atoms in total. The number of carbonyl (C=O) groups excluding carboxylic acids is 1. The Labute approximate surface area is 56.0 Å². The topological polar surface area (TPSA) is 40.1 Å². The summed E-state index contributed by atoms with van der Waals surface area (Å²) in [5.41, 5.74) is 0. The molecule has 0 fully saturated rings. The van der Waals surface area contributed by atoms with Crippen molar-refractivity contribution >= 4 is 17.6 Å². The van der Waals surface area contributed by atoms with E-state index in [1.807, 2.05) is 0 Å². The summed E-state index contributed by atoms with van der Waals surface area (Å²) in [4.78, 5) is 9.12. The first kappa shape index (κ1) is 9.71. The maximum Gasteiger partial charge on any atom is 1.00 e. The molecule has 0 radical (unpaired) electrons. The average Bonchev–Trinajstić information content (AvgIpc) is 1.38. The Morgan fingerprint density at radius 2 is 2.00 bits per heavy atom. The Morgan fingerprint density at radius 1 is 1.83 bits per heavy atom. The van der Waals surface area contributed by atoms with Crippen molar-refractivity contribution in [1.82, 2.24) is 0 Å². The predicted molar refractivity (Wildman–Crippen MR) is 15.7 cm³/mol. The molecule has 0 unspecified atom stereocenters. The summed E-state index contributed by atoms with van der Waals surface area (Å²) in [7, 11) is 0. The van der Waals surface area contributed by atoms with Crippen LogP contribution < -0.4 is 5.11 Å². The van der Waals surface area contributed by atoms with Crippen LogP contribution in [0.15, 0.2) is 0 Å². The van der Waals surface area contributed by atoms with Crippen molar-refractivity contribution in [3.05, 3.63) is 0 Å². The first-order valence-corrected chi connectivity index (χ1v) is 1.56. The molecule has 0 saturated heterocycles. The number of halogens is 1. The number of carboxylic acid groups (broad SMARTS) is 1. The second-order valence-electron chi connectivity index (χ2n) is 0.506. The number of carboxylic acids is 1. The van der Waals surface area contributed by atoms with E-state index in [1.54, 1.807) is 0 Å². The van der Waals surface area contributed by atoms with Crippen LogP contribution in [-0.2, 0) is 27.2 Å². The molecule has 0 N–H and O–H groups in total. The molecule has 0 bridgehead atoms. The van der Waals surface area contributed by atoms with E-state index in [0.717, 1.165) is 0 Å². The third-order valence-corrected chi connectivity index (χ3v) is 0.327. The third-order valence-electron chi connectivity index (χ3n) is 0.109. The minimum Gasteiger partial charge on any atom is -0.549 e. The fraction of sp³-hybridized carbons (Fsp3) is 0.500. The molecule has 40 valence electrons. The molecule has 6 heavy (non-hydrogen) atoms. The number of aliphatic carboxylic acids is 1. The van der Waals surface area contributed by atoms with Gasteiger partial charge in [0, 0.05) is 0 Å². The van der Waals surface area contributed by atoms with Gasteiger partial charge in [-0.15, -0.1) is 11.6 Å². The molecule has 0 amide bonds. The van der Waals surface area contributed by atoms with Crippen molar-refractivity contribution in [2.75, 3.05) is 5.88 Å². The molecule has 0 atom stereocenters. The number of alkyl halides is 1. The average molecular weight is 201 g/mol. The van der Waals surface area contributed by atoms with Crippen LogP contribution in [0.1, 0.15) is 0 Å². The van der Waals surface area contributed by atoms with Crippen LogP contribution in [0, 0.1) is 0 Å². The summed E-state index contributed by atoms with van der Waals surface area (Å²) >= 11 is 4.67. The minimum absolute atomic E-state index is 0. The van der Waals surface area contributed by atoms with Crippen molar-refractivity contribution in [2.45, 2.75) is 0 Å². The molecule has 0 aliphatic rings. The van der Waals surface area contributed by atoms with Crippen molar-refractivity contribution in [1.29, 1.82) is 0 Å². The minimum atomic E-state index is -1.23. The van der Waals surface area contributed by atoms with E-state index in [4.69, 9.17) is 9.90 Å². The normalized spacial score (nSPS) is 6.17. The Morgan fingerprint density at radius 3 is 2.00 bits per heavy atom. The van der Waals surface area contributed by atoms with Crippen molar-refractivity contribution in [3.63, 3.8) is 0 Å². The monoisotopic (exact) mass is 200 g/mol. The molecule has 0 aromatic rings. The van der Waals surface area contributed by atoms with Crippen LogP contribution in [0.2, 0.25) is 0 Å². The number of hydrogen-bond donors (Lipinski definition) is 0. The molecule has 0 saturated carbocycles. The van der Waals surface area contributed by atoms with Gasteiger partial charge in [0.2, 0.25) is 0 Å². The van der Waals surface area contributed by atoms with E-state index in [1.165, 1.54) is 0 Å². The molecule has 0 aliphatic heterocycles. The van der Waals surface area contributed by atoms with Gasteiger partial charge in [0.1, 0.15) is 0 Å². The quantitative estimate of drug-likeness (QED) is 0.402. The SMILES string of the molecule is O=C([O-])CCl.[Ag+]. The number of rotatable bonds is 1. The summed E-state index contributed by atoms with van der Waals surface area (Å²) < 4.78 is 0. The van der Waals surface area contributed by atoms with E-state index < -0.39 is 11.8 Å². The van der Waals surface area contributed by atoms with Gasteiger partial charge < -0.3 is 9.90 Å². The fourth-order valence-corrected chi connectivity index (χ4v) is 0. The van der Waals surface area contributed by atoms with E-state index in [9.17, 15) is 0 Å². The van der Waals surface area contributed by atoms with Crippen LogP contribution >= 0.6 is 11.6 Å². The van der Waals surface area contributed by atoms with Crippen molar-refractivity contribution < 1.29 is 32.3 Å². The molecule has 0 aromatic heterocycles. The largest absolute Gasteiger partial charge is 1.00 e. The van der Waals surface area contributed by atoms with Crippen molar-refractivity contribution in [2.24, 2.45) is 0 Å². The fourth-order valence-electron chi connectivity index (χ4n) is 0. The van der Waals surface area contributed by atoms with Crippen LogP contribution in [0.5, 0.6) is 0 Å². The first-order valence-electron chi connectivity index (χ1n) is 1.03. The zero-order valence-electron chi connectivity index (χ0n) is 2.70. The zero-order chi connectivity index (χ0) is 4.28. The van der Waals surface area contributed by atoms with Gasteiger partial charge in [-0.25, -0.2) is 0 Å². The number of hydrogen-bond acceptors (Lipinski definition) is 2. The van der Waals surface area contributed by atoms with Gasteiger partial charge in [-0.05, 0) is 0 Å². The molecular formula is C2H2AgClO2. The van der Waals surface area contributed by atoms with Crippen LogP contribution in [0.3, 0.4) is 0 Å². The molecular weight excluding hydrogens is 199 g/mol. The standard InChI is InChI=1S/C2H3ClO2.Ag/c3-1-2(4)5;/h1H2,(H,4,5);/q;+1/p-1. The maximum atomic E-state index is 9.12. The van der Waals surface area contributed by atoms with Gasteiger partial charge in [-0.2, -0.15) is 0 Å². The van der Waals surface area contributed by atoms with Gasteiger partial charge in [0.05, 0.1) is 11.8 Å². The van der Waals surface area contributed by atoms with E-state index in [2.05, 4.69) is 11.6 Å². The van der Waals surface area contributed by atoms with Gasteiger partial charge in [-0.1, -0.05) is 0 Å². The molecule has 4 heteroatoms. The molecule has 0 rings (SSSR count). The number of carbonyl (C=O) groups is 1. The van der Waals surface area contributed by atoms with Gasteiger partial charge in [0.15, 0.2) is 0 Å². The van der Waals surface area contributed by atoms with Crippen molar-refractivity contribution in [3.8, 4) is 0 Å². The Kier molecular flexibility index (Phi) is 8.90. The second kappa shape index (κ2) is 5.50. The first-order chi connectivity index (χ1) is 2.27. The summed E-state index contributed by atoms with van der Waals surface area (Å²) in [5, 5.41) is 9.12. The predicted octanol–water partition coefficient (Wildman–Crippen LogP) is -1.03. The van der Waals surface area contributed by atoms with Gasteiger partial charge in [0.25, 0.3) is 0 Å². The summed E-state index contributed by atoms with van der Waals surface area (Å²) in [6, 6.07) is 0. The van der Waals surface area contributed by atoms with Gasteiger partial charge in [-0.3, -0.25) is 0 Å². The summed E-state index contributed by atoms with van der Waals surface area (Å²) in [6.07, 6.45) is 0. The molecule has 0 spiro atoms. The van der Waals surface area contributed by atoms with Crippen LogP contribution in [0.25, 0.3) is 0 Å². The zero-order valence-corrected chi connectivity index (χ0v) is 4.94. The van der Waals surface area contributed by atoms with Crippen LogP contribution in [0.4, 0.5) is 0 Å². The van der Waals surface area contributed by atoms with Gasteiger partial charge >= 0.3 is 22.4 Å². The molecule has 0 aliphatic carbocycles. The Balaban J connectivity index is 0. The summed E-state index contributed by atoms with van der Waals surface area (Å²) in [6.45, 7) is 0. The van der Waals surface area contributed by atoms with E-state index in [0.29, 0.717) is 0 Å². The molecule has 0 heterocycles. The maximum absolute atomic E-state index is 9.12. The van der Waals surface area contributed by atoms with E-state index in [-0.39, 0.29) is 22.4 Å². The second-order valence-corrected chi connectivity index (χ2v) is 0.773. The molecule has 0 aromatic carbocycles. The Bertz CT molecular complexity index is 46.8. The third kappa shape index (κ3) is 8.82. The van der Waals surface area contributed by atoms with E-state index >= 15 is 0 Å². The summed E-state index contributed by atoms with van der Waals surface area (Å²) in [5.74, 6) is -1.65. The van der Waals surface area contributed by atoms with Crippen LogP contribution in [-0.4, -0.2) is 11.8 Å². The Hall–Kier alpha value is 0.500. The smallest absolute Gasteiger partial charge is 0.549 e.